The fourth-order valence-corrected chi connectivity index (χ4v) is 2.11. The Hall–Kier alpha value is -0.340. The number of hydrogen-bond acceptors (Lipinski definition) is 1. The molecule has 1 N–H and O–H groups in total. The summed E-state index contributed by atoms with van der Waals surface area (Å²) in [4.78, 5) is 0. The first-order valence-electron chi connectivity index (χ1n) is 4.35. The van der Waals surface area contributed by atoms with Gasteiger partial charge in [-0.15, -0.1) is 0 Å². The molecule has 1 aromatic carbocycles. The molecule has 1 heterocycles. The van der Waals surface area contributed by atoms with Gasteiger partial charge < -0.3 is 5.32 Å². The molecular formula is C10H12BrN. The summed E-state index contributed by atoms with van der Waals surface area (Å²) in [6.45, 7) is 1.16. The fourth-order valence-electron chi connectivity index (χ4n) is 1.69. The van der Waals surface area contributed by atoms with Crippen molar-refractivity contribution < 1.29 is 0 Å². The van der Waals surface area contributed by atoms with Crippen LogP contribution in [0, 0.1) is 0 Å². The lowest BCUT2D eigenvalue weighted by atomic mass is 10.1. The van der Waals surface area contributed by atoms with Crippen LogP contribution in [-0.4, -0.2) is 6.54 Å². The molecule has 1 nitrogen and oxygen atoms in total. The van der Waals surface area contributed by atoms with Crippen LogP contribution in [0.3, 0.4) is 0 Å². The quantitative estimate of drug-likeness (QED) is 0.776. The van der Waals surface area contributed by atoms with E-state index < -0.39 is 0 Å². The highest BCUT2D eigenvalue weighted by Crippen LogP contribution is 2.24. The van der Waals surface area contributed by atoms with Gasteiger partial charge in [-0.3, -0.25) is 0 Å². The van der Waals surface area contributed by atoms with E-state index in [4.69, 9.17) is 0 Å². The standard InChI is InChI=1S/C10H12BrN/c11-9-4-1-3-8(7-9)10-5-2-6-12-10/h1,3-4,7,10,12H,2,5-6H2/t10-/m0/s1. The second-order valence-corrected chi connectivity index (χ2v) is 4.12. The van der Waals surface area contributed by atoms with E-state index in [1.54, 1.807) is 0 Å². The van der Waals surface area contributed by atoms with Gasteiger partial charge in [-0.05, 0) is 37.1 Å². The third-order valence-electron chi connectivity index (χ3n) is 2.31. The van der Waals surface area contributed by atoms with Crippen molar-refractivity contribution in [2.24, 2.45) is 0 Å². The molecule has 1 aromatic rings. The van der Waals surface area contributed by atoms with Gasteiger partial charge in [-0.25, -0.2) is 0 Å². The van der Waals surface area contributed by atoms with Crippen LogP contribution in [0.2, 0.25) is 0 Å². The van der Waals surface area contributed by atoms with Crippen LogP contribution in [0.1, 0.15) is 24.4 Å². The Balaban J connectivity index is 2.21. The Labute approximate surface area is 81.3 Å². The van der Waals surface area contributed by atoms with Crippen LogP contribution in [0.25, 0.3) is 0 Å². The van der Waals surface area contributed by atoms with E-state index >= 15 is 0 Å². The summed E-state index contributed by atoms with van der Waals surface area (Å²) >= 11 is 3.48. The van der Waals surface area contributed by atoms with Crippen LogP contribution in [0.5, 0.6) is 0 Å². The van der Waals surface area contributed by atoms with Crippen molar-refractivity contribution in [2.75, 3.05) is 6.54 Å². The number of halogens is 1. The SMILES string of the molecule is Brc1cccc([C@@H]2CCCN2)c1. The fraction of sp³-hybridized carbons (Fsp3) is 0.400. The van der Waals surface area contributed by atoms with E-state index in [-0.39, 0.29) is 0 Å². The third-order valence-corrected chi connectivity index (χ3v) is 2.80. The van der Waals surface area contributed by atoms with Gasteiger partial charge in [-0.1, -0.05) is 28.1 Å². The van der Waals surface area contributed by atoms with E-state index in [1.165, 1.54) is 22.9 Å². The molecule has 0 amide bonds. The minimum atomic E-state index is 0.586. The lowest BCUT2D eigenvalue weighted by molar-refractivity contribution is 0.647. The number of hydrogen-bond donors (Lipinski definition) is 1. The molecule has 1 fully saturated rings. The molecule has 0 saturated carbocycles. The summed E-state index contributed by atoms with van der Waals surface area (Å²) in [5, 5.41) is 3.48. The van der Waals surface area contributed by atoms with Gasteiger partial charge in [0.05, 0.1) is 0 Å². The summed E-state index contributed by atoms with van der Waals surface area (Å²) in [5.74, 6) is 0. The van der Waals surface area contributed by atoms with Crippen molar-refractivity contribution in [2.45, 2.75) is 18.9 Å². The smallest absolute Gasteiger partial charge is 0.0321 e. The average Bonchev–Trinajstić information content (AvgIpc) is 2.56. The molecule has 0 spiro atoms. The largest absolute Gasteiger partial charge is 0.310 e. The highest BCUT2D eigenvalue weighted by molar-refractivity contribution is 9.10. The van der Waals surface area contributed by atoms with Gasteiger partial charge >= 0.3 is 0 Å². The van der Waals surface area contributed by atoms with Gasteiger partial charge in [0.2, 0.25) is 0 Å². The zero-order chi connectivity index (χ0) is 8.39. The molecule has 2 heteroatoms. The Morgan fingerprint density at radius 3 is 3.00 bits per heavy atom. The van der Waals surface area contributed by atoms with E-state index in [9.17, 15) is 0 Å². The van der Waals surface area contributed by atoms with E-state index in [0.717, 1.165) is 6.54 Å². The van der Waals surface area contributed by atoms with Crippen LogP contribution >= 0.6 is 15.9 Å². The van der Waals surface area contributed by atoms with Crippen molar-refractivity contribution in [3.05, 3.63) is 34.3 Å². The summed E-state index contributed by atoms with van der Waals surface area (Å²) in [6.07, 6.45) is 2.58. The first kappa shape index (κ1) is 8.27. The zero-order valence-corrected chi connectivity index (χ0v) is 8.47. The highest BCUT2D eigenvalue weighted by Gasteiger charge is 2.15. The Morgan fingerprint density at radius 1 is 1.42 bits per heavy atom. The number of rotatable bonds is 1. The normalized spacial score (nSPS) is 22.9. The second-order valence-electron chi connectivity index (χ2n) is 3.20. The molecule has 0 aromatic heterocycles. The van der Waals surface area contributed by atoms with Gasteiger partial charge in [0, 0.05) is 10.5 Å². The predicted molar refractivity (Wildman–Crippen MR) is 54.1 cm³/mol. The van der Waals surface area contributed by atoms with Crippen molar-refractivity contribution in [3.8, 4) is 0 Å². The van der Waals surface area contributed by atoms with Gasteiger partial charge in [0.15, 0.2) is 0 Å². The lowest BCUT2D eigenvalue weighted by Gasteiger charge is -2.09. The number of benzene rings is 1. The zero-order valence-electron chi connectivity index (χ0n) is 6.89. The molecule has 64 valence electrons. The monoisotopic (exact) mass is 225 g/mol. The minimum absolute atomic E-state index is 0.586. The van der Waals surface area contributed by atoms with E-state index in [1.807, 2.05) is 0 Å². The lowest BCUT2D eigenvalue weighted by Crippen LogP contribution is -2.12. The van der Waals surface area contributed by atoms with Gasteiger partial charge in [0.1, 0.15) is 0 Å². The molecule has 1 aliphatic rings. The minimum Gasteiger partial charge on any atom is -0.310 e. The Bertz CT molecular complexity index is 266. The molecule has 12 heavy (non-hydrogen) atoms. The van der Waals surface area contributed by atoms with Gasteiger partial charge in [-0.2, -0.15) is 0 Å². The topological polar surface area (TPSA) is 12.0 Å². The Kier molecular flexibility index (Phi) is 2.47. The van der Waals surface area contributed by atoms with Crippen LogP contribution in [0.4, 0.5) is 0 Å². The number of nitrogens with one attached hydrogen (secondary N) is 1. The molecule has 0 radical (unpaired) electrons. The van der Waals surface area contributed by atoms with Crippen LogP contribution in [0.15, 0.2) is 28.7 Å². The third kappa shape index (κ3) is 1.70. The summed E-state index contributed by atoms with van der Waals surface area (Å²) in [6, 6.07) is 9.14. The molecule has 0 unspecified atom stereocenters. The Morgan fingerprint density at radius 2 is 2.33 bits per heavy atom. The molecule has 0 aliphatic carbocycles. The van der Waals surface area contributed by atoms with Crippen molar-refractivity contribution in [1.82, 2.24) is 5.32 Å². The first-order chi connectivity index (χ1) is 5.86. The molecule has 1 saturated heterocycles. The van der Waals surface area contributed by atoms with E-state index in [2.05, 4.69) is 45.5 Å². The van der Waals surface area contributed by atoms with Crippen LogP contribution < -0.4 is 5.32 Å². The maximum atomic E-state index is 3.48. The molecular weight excluding hydrogens is 214 g/mol. The maximum absolute atomic E-state index is 3.48. The van der Waals surface area contributed by atoms with E-state index in [0.29, 0.717) is 6.04 Å². The predicted octanol–water partition coefficient (Wildman–Crippen LogP) is 2.87. The molecule has 0 bridgehead atoms. The average molecular weight is 226 g/mol. The van der Waals surface area contributed by atoms with Crippen molar-refractivity contribution in [1.29, 1.82) is 0 Å². The molecule has 2 rings (SSSR count). The van der Waals surface area contributed by atoms with Crippen molar-refractivity contribution in [3.63, 3.8) is 0 Å². The van der Waals surface area contributed by atoms with Gasteiger partial charge in [0.25, 0.3) is 0 Å². The summed E-state index contributed by atoms with van der Waals surface area (Å²) < 4.78 is 1.17. The highest BCUT2D eigenvalue weighted by atomic mass is 79.9. The summed E-state index contributed by atoms with van der Waals surface area (Å²) in [7, 11) is 0. The van der Waals surface area contributed by atoms with Crippen LogP contribution in [-0.2, 0) is 0 Å². The maximum Gasteiger partial charge on any atom is 0.0321 e. The molecule has 1 atom stereocenters. The first-order valence-corrected chi connectivity index (χ1v) is 5.14. The summed E-state index contributed by atoms with van der Waals surface area (Å²) in [5.41, 5.74) is 1.40. The second kappa shape index (κ2) is 3.58. The van der Waals surface area contributed by atoms with Crippen molar-refractivity contribution >= 4 is 15.9 Å². The molecule has 1 aliphatic heterocycles.